The third-order valence-electron chi connectivity index (χ3n) is 4.64. The van der Waals surface area contributed by atoms with E-state index in [-0.39, 0.29) is 5.91 Å². The maximum Gasteiger partial charge on any atom is 0.251 e. The molecule has 4 aromatic rings. The summed E-state index contributed by atoms with van der Waals surface area (Å²) < 4.78 is 1.05. The van der Waals surface area contributed by atoms with Gasteiger partial charge in [0.2, 0.25) is 0 Å². The molecule has 0 saturated heterocycles. The van der Waals surface area contributed by atoms with Gasteiger partial charge in [-0.2, -0.15) is 0 Å². The van der Waals surface area contributed by atoms with E-state index in [0.717, 1.165) is 32.2 Å². The Hall–Kier alpha value is -2.89. The zero-order valence-corrected chi connectivity index (χ0v) is 18.3. The summed E-state index contributed by atoms with van der Waals surface area (Å²) in [4.78, 5) is 16.8. The van der Waals surface area contributed by atoms with E-state index in [1.807, 2.05) is 54.6 Å². The molecule has 1 aromatic heterocycles. The van der Waals surface area contributed by atoms with Crippen LogP contribution in [-0.2, 0) is 0 Å². The smallest absolute Gasteiger partial charge is 0.251 e. The van der Waals surface area contributed by atoms with Crippen molar-refractivity contribution < 1.29 is 4.79 Å². The zero-order chi connectivity index (χ0) is 21.1. The number of benzene rings is 3. The molecule has 0 atom stereocenters. The number of fused-ring (bicyclic) bond motifs is 1. The summed E-state index contributed by atoms with van der Waals surface area (Å²) in [5, 5.41) is 7.84. The van der Waals surface area contributed by atoms with Crippen LogP contribution in [0.5, 0.6) is 0 Å². The van der Waals surface area contributed by atoms with Crippen LogP contribution < -0.4 is 10.6 Å². The Balaban J connectivity index is 1.44. The van der Waals surface area contributed by atoms with Crippen LogP contribution in [0.1, 0.15) is 24.2 Å². The minimum Gasteiger partial charge on any atom is -0.352 e. The SMILES string of the molecule is CC(C)CNC(=O)c1ccc(-c2ccc(Nc3nc4ccc(Cl)cc4s3)cc2)cc1. The van der Waals surface area contributed by atoms with E-state index >= 15 is 0 Å². The number of anilines is 2. The van der Waals surface area contributed by atoms with Crippen LogP contribution in [0.25, 0.3) is 21.3 Å². The number of nitrogens with zero attached hydrogens (tertiary/aromatic N) is 1. The Morgan fingerprint density at radius 1 is 1.00 bits per heavy atom. The third-order valence-corrected chi connectivity index (χ3v) is 5.81. The van der Waals surface area contributed by atoms with E-state index in [1.54, 1.807) is 11.3 Å². The Morgan fingerprint density at radius 2 is 1.67 bits per heavy atom. The molecule has 0 aliphatic carbocycles. The molecule has 0 spiro atoms. The average molecular weight is 436 g/mol. The zero-order valence-electron chi connectivity index (χ0n) is 16.8. The van der Waals surface area contributed by atoms with Gasteiger partial charge in [-0.1, -0.05) is 61.1 Å². The van der Waals surface area contributed by atoms with Gasteiger partial charge < -0.3 is 10.6 Å². The number of halogens is 1. The van der Waals surface area contributed by atoms with Gasteiger partial charge in [0.25, 0.3) is 5.91 Å². The molecule has 0 aliphatic heterocycles. The van der Waals surface area contributed by atoms with E-state index in [1.165, 1.54) is 0 Å². The lowest BCUT2D eigenvalue weighted by molar-refractivity contribution is 0.0949. The van der Waals surface area contributed by atoms with Gasteiger partial charge in [-0.3, -0.25) is 4.79 Å². The van der Waals surface area contributed by atoms with Gasteiger partial charge in [0.05, 0.1) is 10.2 Å². The van der Waals surface area contributed by atoms with Crippen molar-refractivity contribution in [3.05, 3.63) is 77.3 Å². The summed E-state index contributed by atoms with van der Waals surface area (Å²) in [6.07, 6.45) is 0. The molecule has 0 bridgehead atoms. The predicted octanol–water partition coefficient (Wildman–Crippen LogP) is 6.75. The van der Waals surface area contributed by atoms with Gasteiger partial charge in [-0.05, 0) is 59.5 Å². The molecule has 30 heavy (non-hydrogen) atoms. The van der Waals surface area contributed by atoms with Crippen molar-refractivity contribution in [1.29, 1.82) is 0 Å². The second kappa shape index (κ2) is 8.86. The first-order chi connectivity index (χ1) is 14.5. The van der Waals surface area contributed by atoms with Crippen molar-refractivity contribution in [2.45, 2.75) is 13.8 Å². The summed E-state index contributed by atoms with van der Waals surface area (Å²) in [5.41, 5.74) is 4.73. The van der Waals surface area contributed by atoms with Crippen molar-refractivity contribution in [1.82, 2.24) is 10.3 Å². The maximum absolute atomic E-state index is 12.2. The van der Waals surface area contributed by atoms with Gasteiger partial charge >= 0.3 is 0 Å². The van der Waals surface area contributed by atoms with Crippen LogP contribution in [-0.4, -0.2) is 17.4 Å². The minimum absolute atomic E-state index is 0.0353. The Kier molecular flexibility index (Phi) is 6.02. The molecular formula is C24H22ClN3OS. The fourth-order valence-corrected chi connectivity index (χ4v) is 4.20. The molecule has 152 valence electrons. The molecule has 4 nitrogen and oxygen atoms in total. The summed E-state index contributed by atoms with van der Waals surface area (Å²) in [6.45, 7) is 4.83. The van der Waals surface area contributed by atoms with Gasteiger partial charge in [0.15, 0.2) is 5.13 Å². The number of carbonyl (C=O) groups is 1. The number of thiazole rings is 1. The monoisotopic (exact) mass is 435 g/mol. The largest absolute Gasteiger partial charge is 0.352 e. The van der Waals surface area contributed by atoms with Gasteiger partial charge in [0, 0.05) is 22.8 Å². The van der Waals surface area contributed by atoms with Crippen LogP contribution in [0.2, 0.25) is 5.02 Å². The number of nitrogens with one attached hydrogen (secondary N) is 2. The van der Waals surface area contributed by atoms with Crippen molar-refractivity contribution in [3.63, 3.8) is 0 Å². The van der Waals surface area contributed by atoms with E-state index < -0.39 is 0 Å². The number of hydrogen-bond donors (Lipinski definition) is 2. The second-order valence-electron chi connectivity index (χ2n) is 7.51. The maximum atomic E-state index is 12.2. The molecule has 0 radical (unpaired) electrons. The highest BCUT2D eigenvalue weighted by Gasteiger charge is 2.08. The molecule has 4 rings (SSSR count). The lowest BCUT2D eigenvalue weighted by Gasteiger charge is -2.09. The number of hydrogen-bond acceptors (Lipinski definition) is 4. The molecule has 0 fully saturated rings. The van der Waals surface area contributed by atoms with Crippen molar-refractivity contribution >= 4 is 49.9 Å². The number of rotatable bonds is 6. The van der Waals surface area contributed by atoms with Crippen LogP contribution in [0.3, 0.4) is 0 Å². The lowest BCUT2D eigenvalue weighted by atomic mass is 10.0. The molecule has 3 aromatic carbocycles. The Bertz CT molecular complexity index is 1170. The fraction of sp³-hybridized carbons (Fsp3) is 0.167. The van der Waals surface area contributed by atoms with Crippen LogP contribution in [0, 0.1) is 5.92 Å². The molecule has 0 unspecified atom stereocenters. The highest BCUT2D eigenvalue weighted by atomic mass is 35.5. The molecule has 1 amide bonds. The van der Waals surface area contributed by atoms with E-state index in [0.29, 0.717) is 23.0 Å². The highest BCUT2D eigenvalue weighted by molar-refractivity contribution is 7.22. The second-order valence-corrected chi connectivity index (χ2v) is 8.98. The summed E-state index contributed by atoms with van der Waals surface area (Å²) in [6, 6.07) is 21.5. The predicted molar refractivity (Wildman–Crippen MR) is 127 cm³/mol. The molecule has 6 heteroatoms. The van der Waals surface area contributed by atoms with Crippen LogP contribution in [0.4, 0.5) is 10.8 Å². The fourth-order valence-electron chi connectivity index (χ4n) is 3.03. The third kappa shape index (κ3) is 4.81. The number of carbonyl (C=O) groups excluding carboxylic acids is 1. The molecule has 0 aliphatic rings. The Morgan fingerprint density at radius 3 is 2.33 bits per heavy atom. The highest BCUT2D eigenvalue weighted by Crippen LogP contribution is 2.31. The summed E-state index contributed by atoms with van der Waals surface area (Å²) in [5.74, 6) is 0.396. The lowest BCUT2D eigenvalue weighted by Crippen LogP contribution is -2.27. The Labute approximate surface area is 184 Å². The van der Waals surface area contributed by atoms with Gasteiger partial charge in [0.1, 0.15) is 0 Å². The molecule has 2 N–H and O–H groups in total. The quantitative estimate of drug-likeness (QED) is 0.352. The van der Waals surface area contributed by atoms with E-state index in [2.05, 4.69) is 41.6 Å². The van der Waals surface area contributed by atoms with Crippen molar-refractivity contribution in [2.24, 2.45) is 5.92 Å². The van der Waals surface area contributed by atoms with Gasteiger partial charge in [-0.15, -0.1) is 0 Å². The first kappa shape index (κ1) is 20.4. The van der Waals surface area contributed by atoms with Crippen molar-refractivity contribution in [2.75, 3.05) is 11.9 Å². The van der Waals surface area contributed by atoms with Crippen LogP contribution >= 0.6 is 22.9 Å². The van der Waals surface area contributed by atoms with E-state index in [4.69, 9.17) is 11.6 Å². The molecular weight excluding hydrogens is 414 g/mol. The average Bonchev–Trinajstić information content (AvgIpc) is 3.14. The first-order valence-corrected chi connectivity index (χ1v) is 11.0. The summed E-state index contributed by atoms with van der Waals surface area (Å²) >= 11 is 7.63. The first-order valence-electron chi connectivity index (χ1n) is 9.80. The van der Waals surface area contributed by atoms with Gasteiger partial charge in [-0.25, -0.2) is 4.98 Å². The standard InChI is InChI=1S/C24H22ClN3OS/c1-15(2)14-26-23(29)18-5-3-16(4-6-18)17-7-10-20(11-8-17)27-24-28-21-12-9-19(25)13-22(21)30-24/h3-13,15H,14H2,1-2H3,(H,26,29)(H,27,28). The normalized spacial score (nSPS) is 11.1. The number of amides is 1. The van der Waals surface area contributed by atoms with Crippen molar-refractivity contribution in [3.8, 4) is 11.1 Å². The van der Waals surface area contributed by atoms with E-state index in [9.17, 15) is 4.79 Å². The topological polar surface area (TPSA) is 54.0 Å². The molecule has 0 saturated carbocycles. The minimum atomic E-state index is -0.0353. The number of aromatic nitrogens is 1. The van der Waals surface area contributed by atoms with Crippen LogP contribution in [0.15, 0.2) is 66.7 Å². The summed E-state index contributed by atoms with van der Waals surface area (Å²) in [7, 11) is 0. The molecule has 1 heterocycles.